The molecule has 1 spiro atoms. The van der Waals surface area contributed by atoms with Gasteiger partial charge in [0.2, 0.25) is 0 Å². The summed E-state index contributed by atoms with van der Waals surface area (Å²) in [5.41, 5.74) is 0.919. The quantitative estimate of drug-likeness (QED) is 0.894. The van der Waals surface area contributed by atoms with Gasteiger partial charge in [-0.1, -0.05) is 0 Å². The van der Waals surface area contributed by atoms with Crippen molar-refractivity contribution in [1.82, 2.24) is 14.9 Å². The fourth-order valence-corrected chi connectivity index (χ4v) is 3.88. The lowest BCUT2D eigenvalue weighted by Gasteiger charge is -2.46. The highest BCUT2D eigenvalue weighted by molar-refractivity contribution is 5.95. The number of piperidine rings is 1. The first-order chi connectivity index (χ1) is 11.6. The number of carbonyl (C=O) groups excluding carboxylic acids is 1. The topological polar surface area (TPSA) is 75.6 Å². The van der Waals surface area contributed by atoms with Crippen LogP contribution >= 0.6 is 0 Å². The van der Waals surface area contributed by atoms with Crippen LogP contribution < -0.4 is 0 Å². The molecule has 4 rings (SSSR count). The number of carbonyl (C=O) groups is 1. The molecule has 1 aromatic rings. The van der Waals surface area contributed by atoms with Crippen LogP contribution in [0.15, 0.2) is 6.20 Å². The largest absolute Gasteiger partial charge is 0.390 e. The van der Waals surface area contributed by atoms with Crippen LogP contribution in [0.4, 0.5) is 0 Å². The summed E-state index contributed by atoms with van der Waals surface area (Å²) in [6.45, 7) is 3.82. The van der Waals surface area contributed by atoms with E-state index in [1.165, 1.54) is 0 Å². The Labute approximate surface area is 142 Å². The Hall–Kier alpha value is -1.53. The normalized spacial score (nSPS) is 26.6. The monoisotopic (exact) mass is 331 g/mol. The molecule has 0 aromatic carbocycles. The summed E-state index contributed by atoms with van der Waals surface area (Å²) in [6, 6.07) is 0. The standard InChI is InChI=1S/C18H25N3O3/c1-12-14(11-19-16(20-12)13-4-5-13)17(23)21-8-6-18(7-9-21)15(22)3-2-10-24-18/h11,13,15,22H,2-10H2,1H3. The summed E-state index contributed by atoms with van der Waals surface area (Å²) in [4.78, 5) is 23.6. The molecule has 6 nitrogen and oxygen atoms in total. The van der Waals surface area contributed by atoms with Crippen molar-refractivity contribution in [3.05, 3.63) is 23.3 Å². The number of rotatable bonds is 2. The van der Waals surface area contributed by atoms with Crippen LogP contribution in [0.25, 0.3) is 0 Å². The summed E-state index contributed by atoms with van der Waals surface area (Å²) >= 11 is 0. The number of aryl methyl sites for hydroxylation is 1. The molecular formula is C18H25N3O3. The molecule has 3 heterocycles. The molecule has 1 unspecified atom stereocenters. The van der Waals surface area contributed by atoms with Gasteiger partial charge in [0.15, 0.2) is 0 Å². The van der Waals surface area contributed by atoms with Crippen LogP contribution in [0, 0.1) is 6.92 Å². The zero-order valence-electron chi connectivity index (χ0n) is 14.2. The van der Waals surface area contributed by atoms with E-state index >= 15 is 0 Å². The molecule has 1 aromatic heterocycles. The van der Waals surface area contributed by atoms with Gasteiger partial charge in [0, 0.05) is 31.8 Å². The molecule has 3 fully saturated rings. The molecule has 1 saturated carbocycles. The number of aliphatic hydroxyl groups is 1. The fraction of sp³-hybridized carbons (Fsp3) is 0.722. The Bertz CT molecular complexity index is 636. The zero-order valence-corrected chi connectivity index (χ0v) is 14.2. The molecular weight excluding hydrogens is 306 g/mol. The molecule has 1 N–H and O–H groups in total. The third-order valence-electron chi connectivity index (χ3n) is 5.69. The van der Waals surface area contributed by atoms with Crippen LogP contribution in [-0.4, -0.2) is 57.3 Å². The summed E-state index contributed by atoms with van der Waals surface area (Å²) in [7, 11) is 0. The van der Waals surface area contributed by atoms with Crippen molar-refractivity contribution in [2.24, 2.45) is 0 Å². The zero-order chi connectivity index (χ0) is 16.7. The number of likely N-dealkylation sites (tertiary alicyclic amines) is 1. The van der Waals surface area contributed by atoms with Crippen LogP contribution in [0.3, 0.4) is 0 Å². The minimum atomic E-state index is -0.448. The molecule has 2 saturated heterocycles. The number of ether oxygens (including phenoxy) is 1. The first-order valence-electron chi connectivity index (χ1n) is 9.04. The van der Waals surface area contributed by atoms with Gasteiger partial charge in [-0.3, -0.25) is 4.79 Å². The molecule has 1 atom stereocenters. The average Bonchev–Trinajstić information content (AvgIpc) is 3.43. The Morgan fingerprint density at radius 1 is 1.33 bits per heavy atom. The van der Waals surface area contributed by atoms with E-state index in [1.54, 1.807) is 6.20 Å². The molecule has 0 bridgehead atoms. The highest BCUT2D eigenvalue weighted by Gasteiger charge is 2.44. The summed E-state index contributed by atoms with van der Waals surface area (Å²) < 4.78 is 5.91. The predicted molar refractivity (Wildman–Crippen MR) is 87.8 cm³/mol. The number of aromatic nitrogens is 2. The maximum Gasteiger partial charge on any atom is 0.257 e. The third kappa shape index (κ3) is 2.82. The summed E-state index contributed by atoms with van der Waals surface area (Å²) in [5, 5.41) is 10.3. The number of aliphatic hydroxyl groups excluding tert-OH is 1. The number of nitrogens with zero attached hydrogens (tertiary/aromatic N) is 3. The van der Waals surface area contributed by atoms with Crippen molar-refractivity contribution in [2.45, 2.75) is 63.1 Å². The van der Waals surface area contributed by atoms with E-state index in [0.29, 0.717) is 44.0 Å². The van der Waals surface area contributed by atoms with E-state index in [9.17, 15) is 9.90 Å². The summed E-state index contributed by atoms with van der Waals surface area (Å²) in [6.07, 6.45) is 6.69. The van der Waals surface area contributed by atoms with E-state index in [0.717, 1.165) is 37.2 Å². The molecule has 24 heavy (non-hydrogen) atoms. The third-order valence-corrected chi connectivity index (χ3v) is 5.69. The van der Waals surface area contributed by atoms with Crippen molar-refractivity contribution in [1.29, 1.82) is 0 Å². The number of amides is 1. The number of hydrogen-bond acceptors (Lipinski definition) is 5. The van der Waals surface area contributed by atoms with Gasteiger partial charge < -0.3 is 14.7 Å². The minimum Gasteiger partial charge on any atom is -0.390 e. The van der Waals surface area contributed by atoms with Crippen LogP contribution in [0.1, 0.15) is 66.3 Å². The maximum absolute atomic E-state index is 12.8. The average molecular weight is 331 g/mol. The Balaban J connectivity index is 1.44. The Kier molecular flexibility index (Phi) is 4.04. The lowest BCUT2D eigenvalue weighted by atomic mass is 9.82. The van der Waals surface area contributed by atoms with Crippen molar-refractivity contribution in [2.75, 3.05) is 19.7 Å². The molecule has 130 valence electrons. The second-order valence-electron chi connectivity index (χ2n) is 7.37. The van der Waals surface area contributed by atoms with Gasteiger partial charge in [0.1, 0.15) is 5.82 Å². The first kappa shape index (κ1) is 16.0. The smallest absolute Gasteiger partial charge is 0.257 e. The maximum atomic E-state index is 12.8. The van der Waals surface area contributed by atoms with E-state index in [-0.39, 0.29) is 5.91 Å². The van der Waals surface area contributed by atoms with Gasteiger partial charge >= 0.3 is 0 Å². The van der Waals surface area contributed by atoms with E-state index < -0.39 is 11.7 Å². The molecule has 1 aliphatic carbocycles. The molecule has 6 heteroatoms. The van der Waals surface area contributed by atoms with Crippen molar-refractivity contribution in [3.8, 4) is 0 Å². The van der Waals surface area contributed by atoms with E-state index in [4.69, 9.17) is 4.74 Å². The second-order valence-corrected chi connectivity index (χ2v) is 7.37. The Morgan fingerprint density at radius 3 is 2.71 bits per heavy atom. The van der Waals surface area contributed by atoms with Gasteiger partial charge in [-0.05, 0) is 45.4 Å². The van der Waals surface area contributed by atoms with Gasteiger partial charge in [-0.25, -0.2) is 9.97 Å². The predicted octanol–water partition coefficient (Wildman–Crippen LogP) is 1.81. The highest BCUT2D eigenvalue weighted by Crippen LogP contribution is 2.38. The lowest BCUT2D eigenvalue weighted by molar-refractivity contribution is -0.174. The van der Waals surface area contributed by atoms with Crippen LogP contribution in [-0.2, 0) is 4.74 Å². The lowest BCUT2D eigenvalue weighted by Crippen LogP contribution is -2.56. The molecule has 1 amide bonds. The van der Waals surface area contributed by atoms with Gasteiger partial charge in [0.05, 0.1) is 23.0 Å². The van der Waals surface area contributed by atoms with Crippen LogP contribution in [0.5, 0.6) is 0 Å². The fourth-order valence-electron chi connectivity index (χ4n) is 3.88. The highest BCUT2D eigenvalue weighted by atomic mass is 16.5. The summed E-state index contributed by atoms with van der Waals surface area (Å²) in [5.74, 6) is 1.36. The van der Waals surface area contributed by atoms with Crippen molar-refractivity contribution in [3.63, 3.8) is 0 Å². The SMILES string of the molecule is Cc1nc(C2CC2)ncc1C(=O)N1CCC2(CC1)OCCCC2O. The van der Waals surface area contributed by atoms with Crippen LogP contribution in [0.2, 0.25) is 0 Å². The Morgan fingerprint density at radius 2 is 2.08 bits per heavy atom. The minimum absolute atomic E-state index is 0.00463. The molecule has 0 radical (unpaired) electrons. The number of hydrogen-bond donors (Lipinski definition) is 1. The van der Waals surface area contributed by atoms with Gasteiger partial charge in [-0.15, -0.1) is 0 Å². The van der Waals surface area contributed by atoms with Crippen molar-refractivity contribution < 1.29 is 14.6 Å². The second kappa shape index (κ2) is 6.08. The van der Waals surface area contributed by atoms with E-state index in [1.807, 2.05) is 11.8 Å². The van der Waals surface area contributed by atoms with Gasteiger partial charge in [-0.2, -0.15) is 0 Å². The first-order valence-corrected chi connectivity index (χ1v) is 9.04. The van der Waals surface area contributed by atoms with Gasteiger partial charge in [0.25, 0.3) is 5.91 Å². The van der Waals surface area contributed by atoms with Crippen molar-refractivity contribution >= 4 is 5.91 Å². The molecule has 2 aliphatic heterocycles. The molecule has 3 aliphatic rings. The van der Waals surface area contributed by atoms with E-state index in [2.05, 4.69) is 9.97 Å².